The monoisotopic (exact) mass is 558 g/mol. The average molecular weight is 559 g/mol. The topological polar surface area (TPSA) is 71.8 Å². The van der Waals surface area contributed by atoms with Gasteiger partial charge in [-0.2, -0.15) is 0 Å². The van der Waals surface area contributed by atoms with Crippen molar-refractivity contribution in [3.8, 4) is 5.75 Å². The highest BCUT2D eigenvalue weighted by atomic mass is 35.5. The first kappa shape index (κ1) is 28.0. The summed E-state index contributed by atoms with van der Waals surface area (Å²) in [5, 5.41) is 2.59. The molecule has 3 aromatic rings. The highest BCUT2D eigenvalue weighted by molar-refractivity contribution is 8.01. The predicted molar refractivity (Wildman–Crippen MR) is 148 cm³/mol. The summed E-state index contributed by atoms with van der Waals surface area (Å²) in [5.74, 6) is 0.149. The van der Waals surface area contributed by atoms with Gasteiger partial charge in [0.15, 0.2) is 0 Å². The smallest absolute Gasteiger partial charge is 0.251 e. The van der Waals surface area contributed by atoms with Crippen LogP contribution in [0.25, 0.3) is 0 Å². The van der Waals surface area contributed by atoms with Gasteiger partial charge in [0.1, 0.15) is 17.3 Å². The van der Waals surface area contributed by atoms with Crippen LogP contribution in [0.3, 0.4) is 0 Å². The molecule has 1 unspecified atom stereocenters. The lowest BCUT2D eigenvalue weighted by Gasteiger charge is -2.33. The number of benzene rings is 2. The lowest BCUT2D eigenvalue weighted by molar-refractivity contribution is -0.118. The van der Waals surface area contributed by atoms with E-state index in [1.54, 1.807) is 43.5 Å². The molecule has 2 amide bonds. The van der Waals surface area contributed by atoms with Crippen molar-refractivity contribution in [1.29, 1.82) is 0 Å². The number of nitrogens with one attached hydrogen (secondary N) is 1. The van der Waals surface area contributed by atoms with Gasteiger partial charge in [0, 0.05) is 16.0 Å². The Bertz CT molecular complexity index is 1270. The van der Waals surface area contributed by atoms with E-state index in [-0.39, 0.29) is 35.5 Å². The Morgan fingerprint density at radius 3 is 2.76 bits per heavy atom. The number of carbonyl (C=O) groups is 2. The minimum Gasteiger partial charge on any atom is -0.492 e. The zero-order valence-corrected chi connectivity index (χ0v) is 23.2. The molecule has 4 rings (SSSR count). The van der Waals surface area contributed by atoms with Crippen LogP contribution in [0.15, 0.2) is 58.0 Å². The average Bonchev–Trinajstić information content (AvgIpc) is 3.43. The van der Waals surface area contributed by atoms with Crippen molar-refractivity contribution in [2.75, 3.05) is 11.5 Å². The Morgan fingerprint density at radius 1 is 1.18 bits per heavy atom. The number of thioether (sulfide) groups is 1. The fourth-order valence-corrected chi connectivity index (χ4v) is 5.65. The highest BCUT2D eigenvalue weighted by Gasteiger charge is 2.32. The molecule has 2 aromatic carbocycles. The molecule has 0 saturated heterocycles. The van der Waals surface area contributed by atoms with Gasteiger partial charge in [0.2, 0.25) is 5.91 Å². The maximum Gasteiger partial charge on any atom is 0.251 e. The number of fused-ring (bicyclic) bond motifs is 1. The van der Waals surface area contributed by atoms with E-state index in [2.05, 4.69) is 12.2 Å². The van der Waals surface area contributed by atoms with Crippen LogP contribution in [-0.2, 0) is 17.9 Å². The first-order chi connectivity index (χ1) is 18.4. The van der Waals surface area contributed by atoms with Gasteiger partial charge in [-0.1, -0.05) is 44.2 Å². The van der Waals surface area contributed by atoms with Crippen molar-refractivity contribution >= 4 is 40.9 Å². The van der Waals surface area contributed by atoms with Crippen LogP contribution in [0, 0.1) is 5.82 Å². The second-order valence-corrected chi connectivity index (χ2v) is 11.0. The molecule has 1 aromatic heterocycles. The summed E-state index contributed by atoms with van der Waals surface area (Å²) < 4.78 is 26.1. The molecule has 0 saturated carbocycles. The third-order valence-electron chi connectivity index (χ3n) is 6.41. The van der Waals surface area contributed by atoms with Gasteiger partial charge in [0.05, 0.1) is 41.9 Å². The Morgan fingerprint density at radius 2 is 2.00 bits per heavy atom. The summed E-state index contributed by atoms with van der Waals surface area (Å²) in [7, 11) is 0. The maximum absolute atomic E-state index is 14.9. The normalized spacial score (nSPS) is 14.9. The van der Waals surface area contributed by atoms with Crippen molar-refractivity contribution in [3.05, 3.63) is 76.5 Å². The van der Waals surface area contributed by atoms with E-state index in [0.29, 0.717) is 29.4 Å². The number of furan rings is 1. The SMILES string of the molecule is CCCCCCCOc1ccc(F)c(CN2C(=O)C(C)Sc3cc(C(=O)NCc4ccco4)ccc32)c1Cl. The molecular weight excluding hydrogens is 527 g/mol. The first-order valence-electron chi connectivity index (χ1n) is 12.9. The van der Waals surface area contributed by atoms with Crippen molar-refractivity contribution in [2.24, 2.45) is 0 Å². The number of halogens is 2. The Balaban J connectivity index is 1.50. The zero-order valence-electron chi connectivity index (χ0n) is 21.6. The van der Waals surface area contributed by atoms with Crippen LogP contribution in [-0.4, -0.2) is 23.7 Å². The fourth-order valence-electron chi connectivity index (χ4n) is 4.28. The molecule has 0 spiro atoms. The molecule has 0 bridgehead atoms. The van der Waals surface area contributed by atoms with Gasteiger partial charge in [-0.3, -0.25) is 9.59 Å². The van der Waals surface area contributed by atoms with E-state index in [4.69, 9.17) is 20.8 Å². The van der Waals surface area contributed by atoms with E-state index in [9.17, 15) is 14.0 Å². The van der Waals surface area contributed by atoms with Crippen molar-refractivity contribution in [3.63, 3.8) is 0 Å². The minimum atomic E-state index is -0.501. The van der Waals surface area contributed by atoms with Crippen LogP contribution >= 0.6 is 23.4 Å². The van der Waals surface area contributed by atoms with Crippen LogP contribution in [0.5, 0.6) is 5.75 Å². The van der Waals surface area contributed by atoms with Crippen LogP contribution in [0.1, 0.15) is 67.6 Å². The third kappa shape index (κ3) is 6.72. The standard InChI is InChI=1S/C29H32ClFN2O4S/c1-3-4-5-6-7-14-37-25-13-11-23(31)22(27(25)30)18-33-24-12-10-20(16-26(24)38-19(2)29(33)35)28(34)32-17-21-9-8-15-36-21/h8-13,15-16,19H,3-7,14,17-18H2,1-2H3,(H,32,34). The molecule has 0 fully saturated rings. The van der Waals surface area contributed by atoms with Gasteiger partial charge in [-0.25, -0.2) is 4.39 Å². The number of anilines is 1. The largest absolute Gasteiger partial charge is 0.492 e. The molecular formula is C29H32ClFN2O4S. The second kappa shape index (κ2) is 13.2. The predicted octanol–water partition coefficient (Wildman–Crippen LogP) is 7.38. The lowest BCUT2D eigenvalue weighted by Crippen LogP contribution is -2.39. The summed E-state index contributed by atoms with van der Waals surface area (Å²) in [5.41, 5.74) is 1.27. The molecule has 38 heavy (non-hydrogen) atoms. The molecule has 0 aliphatic carbocycles. The Hall–Kier alpha value is -2.97. The number of carbonyl (C=O) groups excluding carboxylic acids is 2. The number of hydrogen-bond acceptors (Lipinski definition) is 5. The number of ether oxygens (including phenoxy) is 1. The summed E-state index contributed by atoms with van der Waals surface area (Å²) >= 11 is 7.95. The number of nitrogens with zero attached hydrogens (tertiary/aromatic N) is 1. The first-order valence-corrected chi connectivity index (χ1v) is 14.2. The van der Waals surface area contributed by atoms with Crippen LogP contribution < -0.4 is 15.0 Å². The van der Waals surface area contributed by atoms with E-state index >= 15 is 0 Å². The van der Waals surface area contributed by atoms with Gasteiger partial charge in [0.25, 0.3) is 5.91 Å². The third-order valence-corrected chi connectivity index (χ3v) is 7.96. The number of unbranched alkanes of at least 4 members (excludes halogenated alkanes) is 4. The molecule has 6 nitrogen and oxygen atoms in total. The highest BCUT2D eigenvalue weighted by Crippen LogP contribution is 2.42. The van der Waals surface area contributed by atoms with E-state index in [0.717, 1.165) is 24.2 Å². The number of rotatable bonds is 12. The van der Waals surface area contributed by atoms with E-state index in [1.807, 2.05) is 0 Å². The van der Waals surface area contributed by atoms with Gasteiger partial charge in [-0.15, -0.1) is 11.8 Å². The molecule has 202 valence electrons. The maximum atomic E-state index is 14.9. The lowest BCUT2D eigenvalue weighted by atomic mass is 10.1. The quantitative estimate of drug-likeness (QED) is 0.235. The van der Waals surface area contributed by atoms with Crippen molar-refractivity contribution in [1.82, 2.24) is 5.32 Å². The molecule has 9 heteroatoms. The summed E-state index contributed by atoms with van der Waals surface area (Å²) in [4.78, 5) is 28.2. The molecule has 1 atom stereocenters. The van der Waals surface area contributed by atoms with Gasteiger partial charge in [-0.05, 0) is 55.8 Å². The molecule has 1 aliphatic heterocycles. The Kier molecular flexibility index (Phi) is 9.74. The second-order valence-electron chi connectivity index (χ2n) is 9.23. The van der Waals surface area contributed by atoms with Crippen molar-refractivity contribution < 1.29 is 23.1 Å². The summed E-state index contributed by atoms with van der Waals surface area (Å²) in [6.45, 7) is 4.69. The van der Waals surface area contributed by atoms with E-state index < -0.39 is 11.1 Å². The van der Waals surface area contributed by atoms with Crippen molar-refractivity contribution in [2.45, 2.75) is 69.2 Å². The fraction of sp³-hybridized carbons (Fsp3) is 0.379. The zero-order chi connectivity index (χ0) is 27.1. The van der Waals surface area contributed by atoms with Crippen LogP contribution in [0.4, 0.5) is 10.1 Å². The summed E-state index contributed by atoms with van der Waals surface area (Å²) in [6, 6.07) is 11.5. The molecule has 1 N–H and O–H groups in total. The van der Waals surface area contributed by atoms with Gasteiger partial charge >= 0.3 is 0 Å². The van der Waals surface area contributed by atoms with Crippen LogP contribution in [0.2, 0.25) is 5.02 Å². The molecule has 1 aliphatic rings. The Labute approximate surface area is 231 Å². The molecule has 2 heterocycles. The molecule has 0 radical (unpaired) electrons. The van der Waals surface area contributed by atoms with Gasteiger partial charge < -0.3 is 19.4 Å². The summed E-state index contributed by atoms with van der Waals surface area (Å²) in [6.07, 6.45) is 7.03. The number of amides is 2. The van der Waals surface area contributed by atoms with E-state index in [1.165, 1.54) is 41.6 Å². The minimum absolute atomic E-state index is 0.0425. The number of hydrogen-bond donors (Lipinski definition) is 1.